The van der Waals surface area contributed by atoms with Gasteiger partial charge in [-0.1, -0.05) is 19.8 Å². The van der Waals surface area contributed by atoms with Crippen molar-refractivity contribution in [3.05, 3.63) is 24.3 Å². The summed E-state index contributed by atoms with van der Waals surface area (Å²) < 4.78 is 0. The van der Waals surface area contributed by atoms with E-state index in [1.807, 2.05) is 12.1 Å². The highest BCUT2D eigenvalue weighted by molar-refractivity contribution is 5.92. The van der Waals surface area contributed by atoms with Crippen molar-refractivity contribution in [3.8, 4) is 0 Å². The summed E-state index contributed by atoms with van der Waals surface area (Å²) in [6.45, 7) is 3.53. The number of rotatable bonds is 5. The molecular formula is C15H23N3O. The van der Waals surface area contributed by atoms with Gasteiger partial charge in [-0.25, -0.2) is 0 Å². The first-order valence-electron chi connectivity index (χ1n) is 7.08. The number of nitrogens with one attached hydrogen (secondary N) is 1. The first-order valence-corrected chi connectivity index (χ1v) is 7.08. The van der Waals surface area contributed by atoms with Crippen LogP contribution in [0.15, 0.2) is 24.3 Å². The van der Waals surface area contributed by atoms with E-state index in [9.17, 15) is 4.79 Å². The average Bonchev–Trinajstić information content (AvgIpc) is 2.92. The second-order valence-electron chi connectivity index (χ2n) is 5.17. The summed E-state index contributed by atoms with van der Waals surface area (Å²) in [5.74, 6) is 0.0542. The second kappa shape index (κ2) is 6.57. The van der Waals surface area contributed by atoms with Crippen LogP contribution in [0.4, 0.5) is 11.4 Å². The number of benzene rings is 1. The lowest BCUT2D eigenvalue weighted by molar-refractivity contribution is -0.117. The topological polar surface area (TPSA) is 58.4 Å². The Bertz CT molecular complexity index is 410. The van der Waals surface area contributed by atoms with E-state index < -0.39 is 0 Å². The highest BCUT2D eigenvalue weighted by atomic mass is 16.2. The number of amides is 1. The molecule has 0 saturated heterocycles. The minimum absolute atomic E-state index is 0.0542. The van der Waals surface area contributed by atoms with E-state index in [4.69, 9.17) is 5.73 Å². The zero-order valence-corrected chi connectivity index (χ0v) is 11.6. The number of carbonyl (C=O) groups is 1. The molecule has 0 aromatic heterocycles. The maximum atomic E-state index is 12.0. The first-order chi connectivity index (χ1) is 9.19. The largest absolute Gasteiger partial charge is 0.399 e. The molecule has 2 rings (SSSR count). The van der Waals surface area contributed by atoms with Crippen LogP contribution in [0.5, 0.6) is 0 Å². The monoisotopic (exact) mass is 261 g/mol. The van der Waals surface area contributed by atoms with E-state index in [2.05, 4.69) is 17.1 Å². The third-order valence-electron chi connectivity index (χ3n) is 3.79. The highest BCUT2D eigenvalue weighted by Gasteiger charge is 2.22. The molecule has 1 aromatic rings. The van der Waals surface area contributed by atoms with E-state index >= 15 is 0 Å². The molecule has 0 heterocycles. The van der Waals surface area contributed by atoms with Gasteiger partial charge < -0.3 is 11.1 Å². The molecule has 1 aromatic carbocycles. The molecule has 0 spiro atoms. The Morgan fingerprint density at radius 2 is 1.95 bits per heavy atom. The van der Waals surface area contributed by atoms with E-state index in [0.29, 0.717) is 18.3 Å². The predicted molar refractivity (Wildman–Crippen MR) is 79.0 cm³/mol. The fourth-order valence-electron chi connectivity index (χ4n) is 2.72. The van der Waals surface area contributed by atoms with Crippen molar-refractivity contribution in [1.29, 1.82) is 0 Å². The summed E-state index contributed by atoms with van der Waals surface area (Å²) in [6.07, 6.45) is 5.04. The summed E-state index contributed by atoms with van der Waals surface area (Å²) in [5, 5.41) is 2.92. The Hall–Kier alpha value is -1.55. The fraction of sp³-hybridized carbons (Fsp3) is 0.533. The summed E-state index contributed by atoms with van der Waals surface area (Å²) in [7, 11) is 0. The fourth-order valence-corrected chi connectivity index (χ4v) is 2.72. The Balaban J connectivity index is 1.87. The molecule has 1 aliphatic carbocycles. The van der Waals surface area contributed by atoms with Crippen molar-refractivity contribution in [3.63, 3.8) is 0 Å². The van der Waals surface area contributed by atoms with Crippen LogP contribution >= 0.6 is 0 Å². The lowest BCUT2D eigenvalue weighted by atomic mass is 10.2. The Morgan fingerprint density at radius 1 is 1.32 bits per heavy atom. The Morgan fingerprint density at radius 3 is 2.53 bits per heavy atom. The molecule has 1 saturated carbocycles. The molecule has 0 bridgehead atoms. The zero-order valence-electron chi connectivity index (χ0n) is 11.6. The standard InChI is InChI=1S/C15H23N3O/c1-2-18(14-5-3-4-6-14)11-15(19)17-13-9-7-12(16)8-10-13/h7-10,14H,2-6,11,16H2,1H3,(H,17,19). The number of anilines is 2. The molecule has 3 N–H and O–H groups in total. The van der Waals surface area contributed by atoms with E-state index in [1.54, 1.807) is 12.1 Å². The van der Waals surface area contributed by atoms with E-state index in [-0.39, 0.29) is 5.91 Å². The second-order valence-corrected chi connectivity index (χ2v) is 5.17. The normalized spacial score (nSPS) is 15.9. The van der Waals surface area contributed by atoms with Crippen LogP contribution in [-0.2, 0) is 4.79 Å². The zero-order chi connectivity index (χ0) is 13.7. The number of likely N-dealkylation sites (N-methyl/N-ethyl adjacent to an activating group) is 1. The maximum Gasteiger partial charge on any atom is 0.238 e. The molecule has 1 aliphatic rings. The number of hydrogen-bond donors (Lipinski definition) is 2. The van der Waals surface area contributed by atoms with Gasteiger partial charge in [0, 0.05) is 17.4 Å². The van der Waals surface area contributed by atoms with Crippen LogP contribution in [0.1, 0.15) is 32.6 Å². The van der Waals surface area contributed by atoms with Gasteiger partial charge in [0.1, 0.15) is 0 Å². The molecule has 104 valence electrons. The van der Waals surface area contributed by atoms with Crippen LogP contribution in [0.3, 0.4) is 0 Å². The predicted octanol–water partition coefficient (Wildman–Crippen LogP) is 2.47. The first kappa shape index (κ1) is 13.9. The smallest absolute Gasteiger partial charge is 0.238 e. The number of nitrogens with two attached hydrogens (primary N) is 1. The third kappa shape index (κ3) is 3.96. The molecule has 0 unspecified atom stereocenters. The lowest BCUT2D eigenvalue weighted by Crippen LogP contribution is -2.39. The van der Waals surface area contributed by atoms with Crippen LogP contribution in [-0.4, -0.2) is 29.9 Å². The van der Waals surface area contributed by atoms with Gasteiger partial charge in [0.25, 0.3) is 0 Å². The van der Waals surface area contributed by atoms with Gasteiger partial charge in [0.15, 0.2) is 0 Å². The van der Waals surface area contributed by atoms with Gasteiger partial charge in [-0.2, -0.15) is 0 Å². The summed E-state index contributed by atoms with van der Waals surface area (Å²) >= 11 is 0. The number of nitrogens with zero attached hydrogens (tertiary/aromatic N) is 1. The van der Waals surface area contributed by atoms with Crippen molar-refractivity contribution in [2.45, 2.75) is 38.6 Å². The maximum absolute atomic E-state index is 12.0. The van der Waals surface area contributed by atoms with Gasteiger partial charge in [-0.3, -0.25) is 9.69 Å². The molecule has 0 radical (unpaired) electrons. The quantitative estimate of drug-likeness (QED) is 0.801. The highest BCUT2D eigenvalue weighted by Crippen LogP contribution is 2.23. The van der Waals surface area contributed by atoms with Gasteiger partial charge in [0.2, 0.25) is 5.91 Å². The number of carbonyl (C=O) groups excluding carboxylic acids is 1. The summed E-state index contributed by atoms with van der Waals surface area (Å²) in [5.41, 5.74) is 7.14. The molecular weight excluding hydrogens is 238 g/mol. The molecule has 1 amide bonds. The van der Waals surface area contributed by atoms with Crippen molar-refractivity contribution in [1.82, 2.24) is 4.90 Å². The Kier molecular flexibility index (Phi) is 4.80. The van der Waals surface area contributed by atoms with Gasteiger partial charge in [0.05, 0.1) is 6.54 Å². The molecule has 0 atom stereocenters. The van der Waals surface area contributed by atoms with Gasteiger partial charge >= 0.3 is 0 Å². The van der Waals surface area contributed by atoms with Crippen molar-refractivity contribution in [2.75, 3.05) is 24.1 Å². The number of hydrogen-bond acceptors (Lipinski definition) is 3. The van der Waals surface area contributed by atoms with Crippen molar-refractivity contribution < 1.29 is 4.79 Å². The third-order valence-corrected chi connectivity index (χ3v) is 3.79. The Labute approximate surface area is 115 Å². The van der Waals surface area contributed by atoms with E-state index in [1.165, 1.54) is 25.7 Å². The van der Waals surface area contributed by atoms with Crippen molar-refractivity contribution >= 4 is 17.3 Å². The molecule has 19 heavy (non-hydrogen) atoms. The minimum atomic E-state index is 0.0542. The van der Waals surface area contributed by atoms with Crippen LogP contribution in [0.25, 0.3) is 0 Å². The van der Waals surface area contributed by atoms with E-state index in [0.717, 1.165) is 12.2 Å². The molecule has 4 nitrogen and oxygen atoms in total. The summed E-state index contributed by atoms with van der Waals surface area (Å²) in [6, 6.07) is 7.84. The lowest BCUT2D eigenvalue weighted by Gasteiger charge is -2.26. The van der Waals surface area contributed by atoms with Gasteiger partial charge in [-0.05, 0) is 43.7 Å². The SMILES string of the molecule is CCN(CC(=O)Nc1ccc(N)cc1)C1CCCC1. The van der Waals surface area contributed by atoms with Crippen LogP contribution < -0.4 is 11.1 Å². The number of nitrogen functional groups attached to an aromatic ring is 1. The minimum Gasteiger partial charge on any atom is -0.399 e. The van der Waals surface area contributed by atoms with Crippen molar-refractivity contribution in [2.24, 2.45) is 0 Å². The average molecular weight is 261 g/mol. The molecule has 4 heteroatoms. The summed E-state index contributed by atoms with van der Waals surface area (Å²) in [4.78, 5) is 14.3. The molecule has 1 fully saturated rings. The van der Waals surface area contributed by atoms with Crippen LogP contribution in [0, 0.1) is 0 Å². The van der Waals surface area contributed by atoms with Gasteiger partial charge in [-0.15, -0.1) is 0 Å². The molecule has 0 aliphatic heterocycles. The van der Waals surface area contributed by atoms with Crippen LogP contribution in [0.2, 0.25) is 0 Å².